The third-order valence-electron chi connectivity index (χ3n) is 3.08. The van der Waals surface area contributed by atoms with Crippen molar-refractivity contribution in [3.05, 3.63) is 66.8 Å². The molecule has 1 heterocycles. The summed E-state index contributed by atoms with van der Waals surface area (Å²) in [6.07, 6.45) is 5.73. The lowest BCUT2D eigenvalue weighted by atomic mass is 10.1. The molecule has 3 N–H and O–H groups in total. The molecule has 1 atom stereocenters. The molecule has 0 aliphatic carbocycles. The summed E-state index contributed by atoms with van der Waals surface area (Å²) in [5.41, 5.74) is 7.87. The van der Waals surface area contributed by atoms with Crippen LogP contribution in [-0.2, 0) is 17.8 Å². The number of hydrogen-bond donors (Lipinski definition) is 2. The number of hydrogen-bond acceptors (Lipinski definition) is 3. The Kier molecular flexibility index (Phi) is 9.97. The summed E-state index contributed by atoms with van der Waals surface area (Å²) in [5.74, 6) is -0.187. The predicted octanol–water partition coefficient (Wildman–Crippen LogP) is 1.95. The van der Waals surface area contributed by atoms with Crippen molar-refractivity contribution in [2.75, 3.05) is 6.54 Å². The van der Waals surface area contributed by atoms with Crippen LogP contribution in [0.1, 0.15) is 11.3 Å². The van der Waals surface area contributed by atoms with Crippen molar-refractivity contribution in [1.29, 1.82) is 0 Å². The first kappa shape index (κ1) is 21.2. The molecule has 0 radical (unpaired) electrons. The van der Waals surface area contributed by atoms with Gasteiger partial charge in [-0.05, 0) is 5.56 Å². The lowest BCUT2D eigenvalue weighted by Gasteiger charge is -2.09. The highest BCUT2D eigenvalue weighted by Crippen LogP contribution is 2.05. The summed E-state index contributed by atoms with van der Waals surface area (Å²) < 4.78 is 1.99. The van der Waals surface area contributed by atoms with Crippen molar-refractivity contribution >= 4 is 30.7 Å². The second-order valence-corrected chi connectivity index (χ2v) is 4.87. The molecule has 0 unspecified atom stereocenters. The molecule has 0 aliphatic heterocycles. The molecule has 0 saturated heterocycles. The van der Waals surface area contributed by atoms with E-state index in [1.54, 1.807) is 12.4 Å². The Balaban J connectivity index is 0.00000242. The number of carbonyl (C=O) groups is 1. The van der Waals surface area contributed by atoms with E-state index in [-0.39, 0.29) is 30.7 Å². The fourth-order valence-electron chi connectivity index (χ4n) is 2.01. The molecular weight excluding hydrogens is 335 g/mol. The van der Waals surface area contributed by atoms with Crippen molar-refractivity contribution in [1.82, 2.24) is 14.9 Å². The third kappa shape index (κ3) is 6.86. The Morgan fingerprint density at radius 3 is 2.70 bits per heavy atom. The average molecular weight is 357 g/mol. The Bertz CT molecular complexity index is 601. The number of nitrogens with one attached hydrogen (secondary N) is 1. The number of amides is 1. The van der Waals surface area contributed by atoms with Crippen molar-refractivity contribution < 1.29 is 4.79 Å². The summed E-state index contributed by atoms with van der Waals surface area (Å²) in [7, 11) is 0. The number of rotatable bonds is 7. The van der Waals surface area contributed by atoms with E-state index in [9.17, 15) is 4.79 Å². The zero-order valence-electron chi connectivity index (χ0n) is 12.7. The summed E-state index contributed by atoms with van der Waals surface area (Å²) in [5, 5.41) is 2.68. The van der Waals surface area contributed by atoms with Gasteiger partial charge in [-0.3, -0.25) is 4.79 Å². The highest BCUT2D eigenvalue weighted by Gasteiger charge is 2.14. The maximum Gasteiger partial charge on any atom is 0.237 e. The Labute approximate surface area is 148 Å². The smallest absolute Gasteiger partial charge is 0.237 e. The van der Waals surface area contributed by atoms with Crippen molar-refractivity contribution in [2.45, 2.75) is 19.0 Å². The zero-order valence-corrected chi connectivity index (χ0v) is 14.4. The lowest BCUT2D eigenvalue weighted by Crippen LogP contribution is -2.42. The maximum absolute atomic E-state index is 11.7. The van der Waals surface area contributed by atoms with Crippen LogP contribution in [0.3, 0.4) is 0 Å². The SMILES string of the molecule is C=CCNC(=O)[C@@H](N)Cc1cn(Cc2ccccc2)cn1.Cl.Cl. The molecule has 1 aromatic heterocycles. The summed E-state index contributed by atoms with van der Waals surface area (Å²) in [6, 6.07) is 9.54. The van der Waals surface area contributed by atoms with Gasteiger partial charge in [0.25, 0.3) is 0 Å². The molecule has 0 spiro atoms. The molecule has 7 heteroatoms. The first-order chi connectivity index (χ1) is 10.2. The van der Waals surface area contributed by atoms with E-state index in [2.05, 4.69) is 29.0 Å². The minimum absolute atomic E-state index is 0. The van der Waals surface area contributed by atoms with Crippen LogP contribution in [0, 0.1) is 0 Å². The fourth-order valence-corrected chi connectivity index (χ4v) is 2.01. The van der Waals surface area contributed by atoms with Crippen LogP contribution >= 0.6 is 24.8 Å². The summed E-state index contributed by atoms with van der Waals surface area (Å²) in [6.45, 7) is 4.73. The first-order valence-electron chi connectivity index (χ1n) is 6.88. The molecule has 126 valence electrons. The predicted molar refractivity (Wildman–Crippen MR) is 97.2 cm³/mol. The molecular formula is C16H22Cl2N4O. The van der Waals surface area contributed by atoms with Crippen LogP contribution in [0.15, 0.2) is 55.5 Å². The van der Waals surface area contributed by atoms with Gasteiger partial charge in [0.1, 0.15) is 0 Å². The van der Waals surface area contributed by atoms with Crippen molar-refractivity contribution in [3.63, 3.8) is 0 Å². The third-order valence-corrected chi connectivity index (χ3v) is 3.08. The first-order valence-corrected chi connectivity index (χ1v) is 6.88. The van der Waals surface area contributed by atoms with Gasteiger partial charge in [0.05, 0.1) is 18.1 Å². The zero-order chi connectivity index (χ0) is 15.1. The molecule has 1 amide bonds. The topological polar surface area (TPSA) is 72.9 Å². The molecule has 2 aromatic rings. The van der Waals surface area contributed by atoms with Gasteiger partial charge in [-0.25, -0.2) is 4.98 Å². The highest BCUT2D eigenvalue weighted by atomic mass is 35.5. The van der Waals surface area contributed by atoms with Gasteiger partial charge >= 0.3 is 0 Å². The summed E-state index contributed by atoms with van der Waals surface area (Å²) >= 11 is 0. The van der Waals surface area contributed by atoms with E-state index >= 15 is 0 Å². The standard InChI is InChI=1S/C16H20N4O.2ClH/c1-2-8-18-16(21)15(17)9-14-11-20(12-19-14)10-13-6-4-3-5-7-13;;/h2-7,11-12,15H,1,8-10,17H2,(H,18,21);2*1H/t15-;;/m0../s1. The van der Waals surface area contributed by atoms with E-state index in [4.69, 9.17) is 5.73 Å². The van der Waals surface area contributed by atoms with E-state index in [1.807, 2.05) is 29.0 Å². The molecule has 0 saturated carbocycles. The van der Waals surface area contributed by atoms with E-state index < -0.39 is 6.04 Å². The second kappa shape index (κ2) is 10.8. The number of nitrogens with zero attached hydrogens (tertiary/aromatic N) is 2. The van der Waals surface area contributed by atoms with Crippen LogP contribution in [0.25, 0.3) is 0 Å². The average Bonchev–Trinajstić information content (AvgIpc) is 2.92. The highest BCUT2D eigenvalue weighted by molar-refractivity contribution is 5.85. The number of carbonyl (C=O) groups excluding carboxylic acids is 1. The van der Waals surface area contributed by atoms with Gasteiger partial charge in [0, 0.05) is 25.7 Å². The van der Waals surface area contributed by atoms with Gasteiger partial charge in [0.2, 0.25) is 5.91 Å². The van der Waals surface area contributed by atoms with Crippen LogP contribution in [0.4, 0.5) is 0 Å². The fraction of sp³-hybridized carbons (Fsp3) is 0.250. The van der Waals surface area contributed by atoms with Crippen molar-refractivity contribution in [3.8, 4) is 0 Å². The van der Waals surface area contributed by atoms with Gasteiger partial charge in [-0.2, -0.15) is 0 Å². The second-order valence-electron chi connectivity index (χ2n) is 4.87. The monoisotopic (exact) mass is 356 g/mol. The quantitative estimate of drug-likeness (QED) is 0.744. The van der Waals surface area contributed by atoms with E-state index in [0.29, 0.717) is 13.0 Å². The number of nitrogens with two attached hydrogens (primary N) is 1. The Hall–Kier alpha value is -1.82. The van der Waals surface area contributed by atoms with Gasteiger partial charge in [-0.15, -0.1) is 31.4 Å². The normalized spacial score (nSPS) is 10.8. The molecule has 23 heavy (non-hydrogen) atoms. The molecule has 0 bridgehead atoms. The lowest BCUT2D eigenvalue weighted by molar-refractivity contribution is -0.122. The van der Waals surface area contributed by atoms with Crippen LogP contribution in [-0.4, -0.2) is 28.0 Å². The molecule has 0 fully saturated rings. The minimum atomic E-state index is -0.593. The molecule has 2 rings (SSSR count). The Morgan fingerprint density at radius 1 is 1.35 bits per heavy atom. The number of benzene rings is 1. The van der Waals surface area contributed by atoms with Crippen LogP contribution < -0.4 is 11.1 Å². The summed E-state index contributed by atoms with van der Waals surface area (Å²) in [4.78, 5) is 16.0. The molecule has 5 nitrogen and oxygen atoms in total. The van der Waals surface area contributed by atoms with Crippen molar-refractivity contribution in [2.24, 2.45) is 5.73 Å². The number of aromatic nitrogens is 2. The Morgan fingerprint density at radius 2 is 2.04 bits per heavy atom. The van der Waals surface area contributed by atoms with Gasteiger partial charge in [0.15, 0.2) is 0 Å². The van der Waals surface area contributed by atoms with Gasteiger partial charge in [-0.1, -0.05) is 36.4 Å². The largest absolute Gasteiger partial charge is 0.351 e. The number of halogens is 2. The number of imidazole rings is 1. The molecule has 1 aromatic carbocycles. The molecule has 0 aliphatic rings. The van der Waals surface area contributed by atoms with E-state index in [0.717, 1.165) is 12.2 Å². The van der Waals surface area contributed by atoms with Crippen LogP contribution in [0.2, 0.25) is 0 Å². The minimum Gasteiger partial charge on any atom is -0.351 e. The van der Waals surface area contributed by atoms with Gasteiger partial charge < -0.3 is 15.6 Å². The van der Waals surface area contributed by atoms with E-state index in [1.165, 1.54) is 5.56 Å². The maximum atomic E-state index is 11.7. The van der Waals surface area contributed by atoms with Crippen LogP contribution in [0.5, 0.6) is 0 Å².